The fourth-order valence-electron chi connectivity index (χ4n) is 1.75. The van der Waals surface area contributed by atoms with Crippen molar-refractivity contribution in [2.45, 2.75) is 13.5 Å². The molecule has 17 heavy (non-hydrogen) atoms. The van der Waals surface area contributed by atoms with Crippen LogP contribution in [0.25, 0.3) is 11.1 Å². The third kappa shape index (κ3) is 2.23. The fourth-order valence-corrected chi connectivity index (χ4v) is 1.75. The van der Waals surface area contributed by atoms with Gasteiger partial charge in [0.05, 0.1) is 12.3 Å². The lowest BCUT2D eigenvalue weighted by molar-refractivity contribution is 0.112. The summed E-state index contributed by atoms with van der Waals surface area (Å²) in [5, 5.41) is 12.7. The minimum absolute atomic E-state index is 0.242. The van der Waals surface area contributed by atoms with Gasteiger partial charge in [0, 0.05) is 17.3 Å². The molecular weight excluding hydrogens is 214 g/mol. The molecule has 1 aromatic heterocycles. The minimum atomic E-state index is 0.242. The van der Waals surface area contributed by atoms with E-state index in [1.165, 1.54) is 0 Å². The SMILES string of the molecule is Cc1cc(C=O)ccc1-c1cnn(CC#N)c1. The third-order valence-corrected chi connectivity index (χ3v) is 2.56. The predicted octanol–water partition coefficient (Wildman–Crippen LogP) is 2.19. The molecule has 0 unspecified atom stereocenters. The van der Waals surface area contributed by atoms with Crippen LogP contribution < -0.4 is 0 Å². The molecule has 84 valence electrons. The van der Waals surface area contributed by atoms with Gasteiger partial charge in [0.25, 0.3) is 0 Å². The van der Waals surface area contributed by atoms with Gasteiger partial charge in [-0.05, 0) is 24.1 Å². The van der Waals surface area contributed by atoms with E-state index in [1.54, 1.807) is 16.9 Å². The molecule has 0 aliphatic heterocycles. The van der Waals surface area contributed by atoms with E-state index < -0.39 is 0 Å². The first-order valence-corrected chi connectivity index (χ1v) is 5.20. The smallest absolute Gasteiger partial charge is 0.150 e. The second-order valence-electron chi connectivity index (χ2n) is 3.78. The van der Waals surface area contributed by atoms with Crippen LogP contribution in [-0.4, -0.2) is 16.1 Å². The Morgan fingerprint density at radius 1 is 1.53 bits per heavy atom. The number of carbonyl (C=O) groups is 1. The summed E-state index contributed by atoms with van der Waals surface area (Å²) < 4.78 is 1.59. The summed E-state index contributed by atoms with van der Waals surface area (Å²) in [6, 6.07) is 7.54. The number of nitrogens with zero attached hydrogens (tertiary/aromatic N) is 3. The molecule has 0 aliphatic carbocycles. The number of aldehydes is 1. The van der Waals surface area contributed by atoms with E-state index in [-0.39, 0.29) is 6.54 Å². The number of nitriles is 1. The zero-order valence-corrected chi connectivity index (χ0v) is 9.42. The summed E-state index contributed by atoms with van der Waals surface area (Å²) in [6.07, 6.45) is 4.38. The van der Waals surface area contributed by atoms with Crippen molar-refractivity contribution in [2.75, 3.05) is 0 Å². The summed E-state index contributed by atoms with van der Waals surface area (Å²) in [5.74, 6) is 0. The largest absolute Gasteiger partial charge is 0.298 e. The van der Waals surface area contributed by atoms with Crippen LogP contribution >= 0.6 is 0 Å². The fraction of sp³-hybridized carbons (Fsp3) is 0.154. The molecule has 0 saturated heterocycles. The maximum atomic E-state index is 10.6. The lowest BCUT2D eigenvalue weighted by Gasteiger charge is -2.03. The van der Waals surface area contributed by atoms with Crippen LogP contribution in [0.4, 0.5) is 0 Å². The van der Waals surface area contributed by atoms with Crippen molar-refractivity contribution in [1.82, 2.24) is 9.78 Å². The van der Waals surface area contributed by atoms with Crippen molar-refractivity contribution in [3.05, 3.63) is 41.7 Å². The standard InChI is InChI=1S/C13H11N3O/c1-10-6-11(9-17)2-3-13(10)12-7-15-16(8-12)5-4-14/h2-3,6-9H,5H2,1H3. The van der Waals surface area contributed by atoms with Gasteiger partial charge in [-0.2, -0.15) is 10.4 Å². The molecule has 0 saturated carbocycles. The quantitative estimate of drug-likeness (QED) is 0.752. The Balaban J connectivity index is 2.39. The zero-order valence-electron chi connectivity index (χ0n) is 9.42. The number of aryl methyl sites for hydroxylation is 1. The van der Waals surface area contributed by atoms with E-state index in [0.29, 0.717) is 5.56 Å². The zero-order chi connectivity index (χ0) is 12.3. The highest BCUT2D eigenvalue weighted by atomic mass is 16.1. The summed E-state index contributed by atoms with van der Waals surface area (Å²) in [7, 11) is 0. The third-order valence-electron chi connectivity index (χ3n) is 2.56. The number of hydrogen-bond donors (Lipinski definition) is 0. The Labute approximate surface area is 99.1 Å². The molecular formula is C13H11N3O. The molecule has 2 aromatic rings. The second-order valence-corrected chi connectivity index (χ2v) is 3.78. The summed E-state index contributed by atoms with van der Waals surface area (Å²) in [5.41, 5.74) is 3.66. The van der Waals surface area contributed by atoms with Crippen molar-refractivity contribution < 1.29 is 4.79 Å². The van der Waals surface area contributed by atoms with Gasteiger partial charge in [-0.15, -0.1) is 0 Å². The molecule has 0 bridgehead atoms. The molecule has 0 N–H and O–H groups in total. The Hall–Kier alpha value is -2.41. The van der Waals surface area contributed by atoms with Crippen molar-refractivity contribution in [2.24, 2.45) is 0 Å². The van der Waals surface area contributed by atoms with Gasteiger partial charge in [0.1, 0.15) is 12.8 Å². The maximum Gasteiger partial charge on any atom is 0.150 e. The van der Waals surface area contributed by atoms with Crippen LogP contribution in [0.3, 0.4) is 0 Å². The van der Waals surface area contributed by atoms with Crippen LogP contribution in [0, 0.1) is 18.3 Å². The molecule has 1 aromatic carbocycles. The van der Waals surface area contributed by atoms with Gasteiger partial charge >= 0.3 is 0 Å². The molecule has 4 heteroatoms. The molecule has 0 radical (unpaired) electrons. The molecule has 4 nitrogen and oxygen atoms in total. The summed E-state index contributed by atoms with van der Waals surface area (Å²) in [6.45, 7) is 2.19. The number of hydrogen-bond acceptors (Lipinski definition) is 3. The molecule has 0 amide bonds. The van der Waals surface area contributed by atoms with Gasteiger partial charge in [-0.25, -0.2) is 0 Å². The second kappa shape index (κ2) is 4.62. The van der Waals surface area contributed by atoms with Crippen molar-refractivity contribution >= 4 is 6.29 Å². The van der Waals surface area contributed by atoms with E-state index in [9.17, 15) is 4.79 Å². The van der Waals surface area contributed by atoms with E-state index in [1.807, 2.05) is 31.3 Å². The van der Waals surface area contributed by atoms with Gasteiger partial charge < -0.3 is 0 Å². The Bertz CT molecular complexity index is 593. The van der Waals surface area contributed by atoms with E-state index >= 15 is 0 Å². The molecule has 0 aliphatic rings. The molecule has 0 spiro atoms. The first kappa shape index (κ1) is 11.1. The topological polar surface area (TPSA) is 58.7 Å². The normalized spacial score (nSPS) is 9.88. The van der Waals surface area contributed by atoms with Crippen LogP contribution in [0.2, 0.25) is 0 Å². The van der Waals surface area contributed by atoms with E-state index in [0.717, 1.165) is 23.0 Å². The average Bonchev–Trinajstić information content (AvgIpc) is 2.78. The number of aromatic nitrogens is 2. The van der Waals surface area contributed by atoms with E-state index in [4.69, 9.17) is 5.26 Å². The number of benzene rings is 1. The highest BCUT2D eigenvalue weighted by molar-refractivity contribution is 5.78. The Kier molecular flexibility index (Phi) is 3.01. The highest BCUT2D eigenvalue weighted by Crippen LogP contribution is 2.23. The number of rotatable bonds is 3. The molecule has 0 atom stereocenters. The van der Waals surface area contributed by atoms with Crippen LogP contribution in [0.5, 0.6) is 0 Å². The van der Waals surface area contributed by atoms with Crippen molar-refractivity contribution in [1.29, 1.82) is 5.26 Å². The minimum Gasteiger partial charge on any atom is -0.298 e. The van der Waals surface area contributed by atoms with Gasteiger partial charge in [-0.1, -0.05) is 12.1 Å². The monoisotopic (exact) mass is 225 g/mol. The van der Waals surface area contributed by atoms with Gasteiger partial charge in [0.2, 0.25) is 0 Å². The van der Waals surface area contributed by atoms with Crippen LogP contribution in [-0.2, 0) is 6.54 Å². The maximum absolute atomic E-state index is 10.6. The molecule has 2 rings (SSSR count). The lowest BCUT2D eigenvalue weighted by Crippen LogP contribution is -1.94. The van der Waals surface area contributed by atoms with Crippen LogP contribution in [0.15, 0.2) is 30.6 Å². The lowest BCUT2D eigenvalue weighted by atomic mass is 10.0. The van der Waals surface area contributed by atoms with E-state index in [2.05, 4.69) is 5.10 Å². The van der Waals surface area contributed by atoms with Gasteiger partial charge in [-0.3, -0.25) is 9.48 Å². The van der Waals surface area contributed by atoms with Crippen molar-refractivity contribution in [3.63, 3.8) is 0 Å². The highest BCUT2D eigenvalue weighted by Gasteiger charge is 2.05. The first-order valence-electron chi connectivity index (χ1n) is 5.20. The Morgan fingerprint density at radius 2 is 2.35 bits per heavy atom. The summed E-state index contributed by atoms with van der Waals surface area (Å²) in [4.78, 5) is 10.6. The number of carbonyl (C=O) groups excluding carboxylic acids is 1. The summed E-state index contributed by atoms with van der Waals surface area (Å²) >= 11 is 0. The Morgan fingerprint density at radius 3 is 3.00 bits per heavy atom. The molecule has 0 fully saturated rings. The van der Waals surface area contributed by atoms with Gasteiger partial charge in [0.15, 0.2) is 0 Å². The predicted molar refractivity (Wildman–Crippen MR) is 63.4 cm³/mol. The first-order chi connectivity index (χ1) is 8.24. The molecule has 1 heterocycles. The van der Waals surface area contributed by atoms with Crippen LogP contribution in [0.1, 0.15) is 15.9 Å². The van der Waals surface area contributed by atoms with Crippen molar-refractivity contribution in [3.8, 4) is 17.2 Å². The average molecular weight is 225 g/mol.